The van der Waals surface area contributed by atoms with Crippen LogP contribution in [0.2, 0.25) is 0 Å². The number of hydrogen-bond acceptors (Lipinski definition) is 4. The molecule has 1 unspecified atom stereocenters. The van der Waals surface area contributed by atoms with Crippen molar-refractivity contribution >= 4 is 0 Å². The van der Waals surface area contributed by atoms with Gasteiger partial charge in [0.05, 0.1) is 25.4 Å². The summed E-state index contributed by atoms with van der Waals surface area (Å²) in [6.07, 6.45) is 11.1. The second kappa shape index (κ2) is 7.43. The lowest BCUT2D eigenvalue weighted by Gasteiger charge is -2.70. The van der Waals surface area contributed by atoms with Gasteiger partial charge in [0.2, 0.25) is 0 Å². The third-order valence-electron chi connectivity index (χ3n) is 12.7. The average molecular weight is 473 g/mol. The number of fused-ring (bicyclic) bond motifs is 6. The highest BCUT2D eigenvalue weighted by Crippen LogP contribution is 2.74. The Balaban J connectivity index is 1.68. The number of aliphatic hydroxyl groups is 4. The first-order chi connectivity index (χ1) is 15.7. The maximum atomic E-state index is 11.7. The monoisotopic (exact) mass is 472 g/mol. The SMILES string of the molecule is CC1(C)CC[C@@]2(CO)C(=C3C=C[C@@H]4[C@@]5(C)CC[C@H](O)[C@@](C)(CO)C5CC[C@@]4(C)[C@]3(C)C[C@H]2O)C1. The molecule has 4 nitrogen and oxygen atoms in total. The number of allylic oxidation sites excluding steroid dienone is 3. The van der Waals surface area contributed by atoms with Gasteiger partial charge >= 0.3 is 0 Å². The van der Waals surface area contributed by atoms with Gasteiger partial charge in [-0.15, -0.1) is 0 Å². The fraction of sp³-hybridized carbons (Fsp3) is 0.867. The summed E-state index contributed by atoms with van der Waals surface area (Å²) in [5.41, 5.74) is 1.75. The number of rotatable bonds is 2. The summed E-state index contributed by atoms with van der Waals surface area (Å²) in [6, 6.07) is 0. The normalized spacial score (nSPS) is 54.1. The first-order valence-corrected chi connectivity index (χ1v) is 13.7. The van der Waals surface area contributed by atoms with Gasteiger partial charge < -0.3 is 20.4 Å². The van der Waals surface area contributed by atoms with Gasteiger partial charge in [-0.2, -0.15) is 0 Å². The zero-order chi connectivity index (χ0) is 24.9. The lowest BCUT2D eigenvalue weighted by molar-refractivity contribution is -0.203. The summed E-state index contributed by atoms with van der Waals surface area (Å²) < 4.78 is 0. The van der Waals surface area contributed by atoms with Crippen molar-refractivity contribution in [2.45, 2.75) is 105 Å². The van der Waals surface area contributed by atoms with Crippen molar-refractivity contribution in [3.05, 3.63) is 23.3 Å². The van der Waals surface area contributed by atoms with Crippen molar-refractivity contribution in [3.8, 4) is 0 Å². The van der Waals surface area contributed by atoms with E-state index in [-0.39, 0.29) is 40.8 Å². The van der Waals surface area contributed by atoms with Gasteiger partial charge in [0.15, 0.2) is 0 Å². The molecule has 0 bridgehead atoms. The van der Waals surface area contributed by atoms with Crippen molar-refractivity contribution in [3.63, 3.8) is 0 Å². The molecule has 3 saturated carbocycles. The Hall–Kier alpha value is -0.680. The molecule has 5 rings (SSSR count). The Bertz CT molecular complexity index is 921. The van der Waals surface area contributed by atoms with Gasteiger partial charge in [0.1, 0.15) is 0 Å². The minimum Gasteiger partial charge on any atom is -0.396 e. The highest BCUT2D eigenvalue weighted by atomic mass is 16.3. The third-order valence-corrected chi connectivity index (χ3v) is 12.7. The molecule has 0 heterocycles. The molecule has 3 fully saturated rings. The summed E-state index contributed by atoms with van der Waals surface area (Å²) >= 11 is 0. The van der Waals surface area contributed by atoms with E-state index in [1.54, 1.807) is 0 Å². The highest BCUT2D eigenvalue weighted by molar-refractivity contribution is 5.47. The van der Waals surface area contributed by atoms with Crippen LogP contribution >= 0.6 is 0 Å². The molecule has 0 aliphatic heterocycles. The van der Waals surface area contributed by atoms with Gasteiger partial charge in [0, 0.05) is 16.2 Å². The number of hydrogen-bond donors (Lipinski definition) is 4. The van der Waals surface area contributed by atoms with E-state index < -0.39 is 23.0 Å². The molecule has 0 radical (unpaired) electrons. The molecular formula is C30H48O4. The van der Waals surface area contributed by atoms with Crippen LogP contribution in [0.15, 0.2) is 23.3 Å². The van der Waals surface area contributed by atoms with E-state index in [0.29, 0.717) is 12.3 Å². The molecule has 192 valence electrons. The standard InChI is InChI=1S/C30H48O4/c1-25(2)13-14-30(18-32)20(15-25)19-7-8-22-26(3)11-10-23(33)27(4,17-31)21(26)9-12-28(22,5)29(19,6)16-24(30)34/h7-8,21-24,31-34H,9-18H2,1-6H3/t21?,22-,23+,24-,26+,27+,28-,29-,30-/m1/s1. The molecule has 0 spiro atoms. The molecule has 0 amide bonds. The zero-order valence-corrected chi connectivity index (χ0v) is 22.3. The van der Waals surface area contributed by atoms with Gasteiger partial charge in [-0.1, -0.05) is 59.3 Å². The molecule has 5 aliphatic rings. The van der Waals surface area contributed by atoms with Crippen LogP contribution in [-0.2, 0) is 0 Å². The van der Waals surface area contributed by atoms with Gasteiger partial charge in [0.25, 0.3) is 0 Å². The first kappa shape index (κ1) is 25.0. The Kier molecular flexibility index (Phi) is 5.46. The fourth-order valence-corrected chi connectivity index (χ4v) is 10.1. The van der Waals surface area contributed by atoms with Crippen LogP contribution in [0.5, 0.6) is 0 Å². The van der Waals surface area contributed by atoms with Gasteiger partial charge in [-0.05, 0) is 85.0 Å². The van der Waals surface area contributed by atoms with Crippen LogP contribution in [0.3, 0.4) is 0 Å². The molecule has 4 N–H and O–H groups in total. The smallest absolute Gasteiger partial charge is 0.0664 e. The van der Waals surface area contributed by atoms with E-state index in [0.717, 1.165) is 44.9 Å². The molecular weight excluding hydrogens is 424 g/mol. The van der Waals surface area contributed by atoms with Crippen molar-refractivity contribution in [1.82, 2.24) is 0 Å². The summed E-state index contributed by atoms with van der Waals surface area (Å²) in [4.78, 5) is 0. The molecule has 0 aromatic heterocycles. The maximum absolute atomic E-state index is 11.7. The first-order valence-electron chi connectivity index (χ1n) is 13.7. The second-order valence-corrected chi connectivity index (χ2v) is 14.7. The van der Waals surface area contributed by atoms with Crippen LogP contribution in [-0.4, -0.2) is 45.8 Å². The Morgan fingerprint density at radius 1 is 0.853 bits per heavy atom. The van der Waals surface area contributed by atoms with Crippen LogP contribution in [0, 0.1) is 44.3 Å². The quantitative estimate of drug-likeness (QED) is 0.456. The molecule has 0 aromatic carbocycles. The average Bonchev–Trinajstić information content (AvgIpc) is 2.77. The van der Waals surface area contributed by atoms with Crippen molar-refractivity contribution in [1.29, 1.82) is 0 Å². The van der Waals surface area contributed by atoms with E-state index >= 15 is 0 Å². The molecule has 5 aliphatic carbocycles. The largest absolute Gasteiger partial charge is 0.396 e. The van der Waals surface area contributed by atoms with Crippen molar-refractivity contribution < 1.29 is 20.4 Å². The lowest BCUT2D eigenvalue weighted by Crippen LogP contribution is -2.65. The van der Waals surface area contributed by atoms with Crippen LogP contribution in [0.1, 0.15) is 92.9 Å². The minimum absolute atomic E-state index is 0.00171. The third kappa shape index (κ3) is 2.86. The second-order valence-electron chi connectivity index (χ2n) is 14.7. The topological polar surface area (TPSA) is 80.9 Å². The predicted octanol–water partition coefficient (Wildman–Crippen LogP) is 5.00. The van der Waals surface area contributed by atoms with E-state index in [9.17, 15) is 20.4 Å². The molecule has 34 heavy (non-hydrogen) atoms. The van der Waals surface area contributed by atoms with Crippen LogP contribution in [0.4, 0.5) is 0 Å². The Morgan fingerprint density at radius 3 is 2.21 bits per heavy atom. The van der Waals surface area contributed by atoms with Crippen LogP contribution in [0.25, 0.3) is 0 Å². The maximum Gasteiger partial charge on any atom is 0.0664 e. The van der Waals surface area contributed by atoms with Gasteiger partial charge in [-0.25, -0.2) is 0 Å². The minimum atomic E-state index is -0.525. The molecule has 0 aromatic rings. The summed E-state index contributed by atoms with van der Waals surface area (Å²) in [5, 5.41) is 43.6. The highest BCUT2D eigenvalue weighted by Gasteiger charge is 2.68. The lowest BCUT2D eigenvalue weighted by atomic mass is 9.35. The van der Waals surface area contributed by atoms with E-state index in [1.807, 2.05) is 0 Å². The van der Waals surface area contributed by atoms with E-state index in [1.165, 1.54) is 11.1 Å². The summed E-state index contributed by atoms with van der Waals surface area (Å²) in [7, 11) is 0. The van der Waals surface area contributed by atoms with Crippen molar-refractivity contribution in [2.24, 2.45) is 44.3 Å². The summed E-state index contributed by atoms with van der Waals surface area (Å²) in [5.74, 6) is 0.602. The van der Waals surface area contributed by atoms with E-state index in [2.05, 4.69) is 53.7 Å². The van der Waals surface area contributed by atoms with Crippen LogP contribution < -0.4 is 0 Å². The molecule has 9 atom stereocenters. The Morgan fingerprint density at radius 2 is 1.56 bits per heavy atom. The van der Waals surface area contributed by atoms with E-state index in [4.69, 9.17) is 0 Å². The molecule has 4 heteroatoms. The number of aliphatic hydroxyl groups excluding tert-OH is 4. The zero-order valence-electron chi connectivity index (χ0n) is 22.3. The predicted molar refractivity (Wildman–Crippen MR) is 135 cm³/mol. The Labute approximate surface area is 206 Å². The summed E-state index contributed by atoms with van der Waals surface area (Å²) in [6.45, 7) is 14.1. The van der Waals surface area contributed by atoms with Gasteiger partial charge in [-0.3, -0.25) is 0 Å². The fourth-order valence-electron chi connectivity index (χ4n) is 10.1. The molecule has 0 saturated heterocycles. The van der Waals surface area contributed by atoms with Crippen molar-refractivity contribution in [2.75, 3.05) is 13.2 Å².